The third-order valence-corrected chi connectivity index (χ3v) is 2.55. The number of aromatic nitrogens is 3. The van der Waals surface area contributed by atoms with Crippen molar-refractivity contribution in [3.8, 4) is 0 Å². The van der Waals surface area contributed by atoms with Crippen LogP contribution in [0.3, 0.4) is 0 Å². The predicted molar refractivity (Wildman–Crippen MR) is 58.3 cm³/mol. The summed E-state index contributed by atoms with van der Waals surface area (Å²) in [6, 6.07) is 1.46. The van der Waals surface area contributed by atoms with E-state index in [9.17, 15) is 4.39 Å². The third-order valence-electron chi connectivity index (χ3n) is 2.55. The predicted octanol–water partition coefficient (Wildman–Crippen LogP) is 1.26. The Kier molecular flexibility index (Phi) is 2.96. The summed E-state index contributed by atoms with van der Waals surface area (Å²) in [5.41, 5.74) is 1.48. The van der Waals surface area contributed by atoms with Gasteiger partial charge in [0, 0.05) is 18.8 Å². The lowest BCUT2D eigenvalue weighted by atomic mass is 10.1. The lowest BCUT2D eigenvalue weighted by Crippen LogP contribution is -2.21. The first-order valence-corrected chi connectivity index (χ1v) is 4.97. The van der Waals surface area contributed by atoms with E-state index >= 15 is 0 Å². The summed E-state index contributed by atoms with van der Waals surface area (Å²) in [7, 11) is 3.67. The van der Waals surface area contributed by atoms with E-state index in [1.54, 1.807) is 31.8 Å². The van der Waals surface area contributed by atoms with Crippen LogP contribution in [0.15, 0.2) is 31.0 Å². The molecule has 0 bridgehead atoms. The average Bonchev–Trinajstić information content (AvgIpc) is 2.69. The van der Waals surface area contributed by atoms with Gasteiger partial charge >= 0.3 is 0 Å². The van der Waals surface area contributed by atoms with Crippen LogP contribution < -0.4 is 5.32 Å². The number of hydrogen-bond acceptors (Lipinski definition) is 3. The van der Waals surface area contributed by atoms with Gasteiger partial charge in [0.05, 0.1) is 30.5 Å². The highest BCUT2D eigenvalue weighted by Gasteiger charge is 2.18. The Balaban J connectivity index is 2.45. The van der Waals surface area contributed by atoms with Crippen molar-refractivity contribution < 1.29 is 4.39 Å². The van der Waals surface area contributed by atoms with E-state index in [1.165, 1.54) is 6.20 Å². The smallest absolute Gasteiger partial charge is 0.146 e. The zero-order valence-electron chi connectivity index (χ0n) is 9.18. The van der Waals surface area contributed by atoms with Crippen LogP contribution in [-0.2, 0) is 7.05 Å². The van der Waals surface area contributed by atoms with Gasteiger partial charge in [-0.15, -0.1) is 0 Å². The van der Waals surface area contributed by atoms with Crippen LogP contribution in [0.5, 0.6) is 0 Å². The first-order chi connectivity index (χ1) is 7.74. The molecule has 0 aliphatic rings. The molecule has 2 heterocycles. The Bertz CT molecular complexity index is 480. The fraction of sp³-hybridized carbons (Fsp3) is 0.273. The normalized spacial score (nSPS) is 12.7. The topological polar surface area (TPSA) is 42.7 Å². The van der Waals surface area contributed by atoms with Gasteiger partial charge in [-0.2, -0.15) is 0 Å². The SMILES string of the molecule is CNC(c1ccncc1F)c1cncn1C. The maximum atomic E-state index is 13.6. The molecule has 2 aromatic rings. The quantitative estimate of drug-likeness (QED) is 0.846. The highest BCUT2D eigenvalue weighted by atomic mass is 19.1. The standard InChI is InChI=1S/C11H13FN4/c1-13-11(10-6-15-7-16(10)2)8-3-4-14-5-9(8)12/h3-7,11,13H,1-2H3. The zero-order valence-corrected chi connectivity index (χ0v) is 9.18. The second-order valence-corrected chi connectivity index (χ2v) is 3.55. The monoisotopic (exact) mass is 220 g/mol. The second-order valence-electron chi connectivity index (χ2n) is 3.55. The summed E-state index contributed by atoms with van der Waals surface area (Å²) in [5, 5.41) is 3.07. The Morgan fingerprint density at radius 2 is 2.19 bits per heavy atom. The minimum Gasteiger partial charge on any atom is -0.336 e. The number of hydrogen-bond donors (Lipinski definition) is 1. The maximum absolute atomic E-state index is 13.6. The minimum atomic E-state index is -0.317. The number of imidazole rings is 1. The minimum absolute atomic E-state index is 0.213. The van der Waals surface area contributed by atoms with Crippen molar-refractivity contribution >= 4 is 0 Å². The number of nitrogens with one attached hydrogen (secondary N) is 1. The van der Waals surface area contributed by atoms with Crippen molar-refractivity contribution in [1.29, 1.82) is 0 Å². The van der Waals surface area contributed by atoms with Crippen LogP contribution in [-0.4, -0.2) is 21.6 Å². The van der Waals surface area contributed by atoms with Gasteiger partial charge in [0.1, 0.15) is 5.82 Å². The highest BCUT2D eigenvalue weighted by molar-refractivity contribution is 5.26. The van der Waals surface area contributed by atoms with Gasteiger partial charge in [0.2, 0.25) is 0 Å². The van der Waals surface area contributed by atoms with Crippen LogP contribution >= 0.6 is 0 Å². The molecule has 0 aliphatic carbocycles. The number of aryl methyl sites for hydroxylation is 1. The largest absolute Gasteiger partial charge is 0.336 e. The summed E-state index contributed by atoms with van der Waals surface area (Å²) < 4.78 is 15.5. The van der Waals surface area contributed by atoms with Crippen LogP contribution in [0.25, 0.3) is 0 Å². The molecule has 16 heavy (non-hydrogen) atoms. The number of halogens is 1. The first kappa shape index (κ1) is 10.8. The Morgan fingerprint density at radius 1 is 1.38 bits per heavy atom. The number of nitrogens with zero attached hydrogens (tertiary/aromatic N) is 3. The van der Waals surface area contributed by atoms with Crippen molar-refractivity contribution in [1.82, 2.24) is 19.9 Å². The molecule has 0 saturated carbocycles. The van der Waals surface area contributed by atoms with Crippen LogP contribution in [0.1, 0.15) is 17.3 Å². The fourth-order valence-corrected chi connectivity index (χ4v) is 1.73. The van der Waals surface area contributed by atoms with Crippen molar-refractivity contribution in [3.05, 3.63) is 48.1 Å². The molecule has 0 radical (unpaired) electrons. The summed E-state index contributed by atoms with van der Waals surface area (Å²) in [6.45, 7) is 0. The molecule has 0 spiro atoms. The van der Waals surface area contributed by atoms with E-state index in [4.69, 9.17) is 0 Å². The molecule has 0 aliphatic heterocycles. The molecule has 2 rings (SSSR count). The lowest BCUT2D eigenvalue weighted by molar-refractivity contribution is 0.557. The molecular weight excluding hydrogens is 207 g/mol. The van der Waals surface area contributed by atoms with Crippen molar-refractivity contribution in [2.75, 3.05) is 7.05 Å². The molecule has 0 amide bonds. The van der Waals surface area contributed by atoms with E-state index in [1.807, 2.05) is 11.6 Å². The number of rotatable bonds is 3. The maximum Gasteiger partial charge on any atom is 0.146 e. The van der Waals surface area contributed by atoms with Gasteiger partial charge in [0.15, 0.2) is 0 Å². The van der Waals surface area contributed by atoms with Gasteiger partial charge in [-0.1, -0.05) is 0 Å². The summed E-state index contributed by atoms with van der Waals surface area (Å²) in [6.07, 6.45) is 6.22. The van der Waals surface area contributed by atoms with E-state index in [-0.39, 0.29) is 11.9 Å². The van der Waals surface area contributed by atoms with Crippen molar-refractivity contribution in [2.45, 2.75) is 6.04 Å². The molecule has 4 nitrogen and oxygen atoms in total. The van der Waals surface area contributed by atoms with Gasteiger partial charge in [-0.3, -0.25) is 4.98 Å². The molecule has 0 aromatic carbocycles. The third kappa shape index (κ3) is 1.81. The van der Waals surface area contributed by atoms with E-state index < -0.39 is 0 Å². The number of pyridine rings is 1. The van der Waals surface area contributed by atoms with Gasteiger partial charge in [-0.05, 0) is 13.1 Å². The summed E-state index contributed by atoms with van der Waals surface area (Å²) in [5.74, 6) is -0.317. The fourth-order valence-electron chi connectivity index (χ4n) is 1.73. The molecular formula is C11H13FN4. The van der Waals surface area contributed by atoms with E-state index in [0.29, 0.717) is 5.56 Å². The van der Waals surface area contributed by atoms with E-state index in [0.717, 1.165) is 5.69 Å². The van der Waals surface area contributed by atoms with Crippen molar-refractivity contribution in [2.24, 2.45) is 7.05 Å². The summed E-state index contributed by atoms with van der Waals surface area (Å²) >= 11 is 0. The lowest BCUT2D eigenvalue weighted by Gasteiger charge is -2.17. The van der Waals surface area contributed by atoms with Crippen LogP contribution in [0.2, 0.25) is 0 Å². The second kappa shape index (κ2) is 4.40. The Morgan fingerprint density at radius 3 is 2.75 bits per heavy atom. The molecule has 2 aromatic heterocycles. The molecule has 0 saturated heterocycles. The molecule has 1 atom stereocenters. The summed E-state index contributed by atoms with van der Waals surface area (Å²) in [4.78, 5) is 7.77. The molecule has 1 unspecified atom stereocenters. The van der Waals surface area contributed by atoms with Gasteiger partial charge in [-0.25, -0.2) is 9.37 Å². The van der Waals surface area contributed by atoms with Gasteiger partial charge in [0.25, 0.3) is 0 Å². The molecule has 84 valence electrons. The zero-order chi connectivity index (χ0) is 11.5. The molecule has 1 N–H and O–H groups in total. The molecule has 0 fully saturated rings. The average molecular weight is 220 g/mol. The highest BCUT2D eigenvalue weighted by Crippen LogP contribution is 2.22. The van der Waals surface area contributed by atoms with Crippen molar-refractivity contribution in [3.63, 3.8) is 0 Å². The van der Waals surface area contributed by atoms with Crippen LogP contribution in [0, 0.1) is 5.82 Å². The Labute approximate surface area is 93.2 Å². The van der Waals surface area contributed by atoms with E-state index in [2.05, 4.69) is 15.3 Å². The molecule has 5 heteroatoms. The Hall–Kier alpha value is -1.75. The van der Waals surface area contributed by atoms with Gasteiger partial charge < -0.3 is 9.88 Å². The first-order valence-electron chi connectivity index (χ1n) is 4.97. The van der Waals surface area contributed by atoms with Crippen LogP contribution in [0.4, 0.5) is 4.39 Å².